The number of sulfonamides is 1. The first-order valence-corrected chi connectivity index (χ1v) is 12.3. The summed E-state index contributed by atoms with van der Waals surface area (Å²) in [6.45, 7) is -0.0642. The standard InChI is InChI=1S/C25H21F4N3O3S/c1-36(34,35)32-22-12-8-18(15-20(22)26)16-30-24(33)14-10-19-9-13-23(25(27,28)29)31-21(19)11-7-17-5-3-2-4-6-17/h2-15,32H,16H2,1H3,(H,30,33). The van der Waals surface area contributed by atoms with Gasteiger partial charge in [0.1, 0.15) is 11.5 Å². The van der Waals surface area contributed by atoms with Crippen LogP contribution in [-0.4, -0.2) is 25.6 Å². The number of pyridine rings is 1. The lowest BCUT2D eigenvalue weighted by molar-refractivity contribution is -0.141. The van der Waals surface area contributed by atoms with Crippen LogP contribution >= 0.6 is 0 Å². The van der Waals surface area contributed by atoms with Gasteiger partial charge in [0, 0.05) is 18.2 Å². The molecule has 1 heterocycles. The number of rotatable bonds is 8. The maximum absolute atomic E-state index is 14.1. The maximum Gasteiger partial charge on any atom is 0.433 e. The number of nitrogens with one attached hydrogen (secondary N) is 2. The van der Waals surface area contributed by atoms with Crippen molar-refractivity contribution in [1.29, 1.82) is 0 Å². The molecule has 188 valence electrons. The molecule has 0 unspecified atom stereocenters. The molecular weight excluding hydrogens is 498 g/mol. The van der Waals surface area contributed by atoms with Crippen LogP contribution in [0.5, 0.6) is 0 Å². The maximum atomic E-state index is 14.1. The van der Waals surface area contributed by atoms with Gasteiger partial charge < -0.3 is 5.32 Å². The Morgan fingerprint density at radius 1 is 1.00 bits per heavy atom. The Bertz CT molecular complexity index is 1400. The minimum absolute atomic E-state index is 0.0220. The van der Waals surface area contributed by atoms with E-state index >= 15 is 0 Å². The molecule has 0 aliphatic rings. The number of alkyl halides is 3. The van der Waals surface area contributed by atoms with E-state index in [-0.39, 0.29) is 23.5 Å². The lowest BCUT2D eigenvalue weighted by Gasteiger charge is -2.09. The molecule has 0 saturated carbocycles. The highest BCUT2D eigenvalue weighted by molar-refractivity contribution is 7.92. The number of carbonyl (C=O) groups is 1. The zero-order valence-corrected chi connectivity index (χ0v) is 19.7. The first-order chi connectivity index (χ1) is 16.9. The summed E-state index contributed by atoms with van der Waals surface area (Å²) in [4.78, 5) is 15.9. The Morgan fingerprint density at radius 3 is 2.36 bits per heavy atom. The van der Waals surface area contributed by atoms with Gasteiger partial charge in [-0.3, -0.25) is 9.52 Å². The van der Waals surface area contributed by atoms with E-state index in [0.717, 1.165) is 30.0 Å². The monoisotopic (exact) mass is 519 g/mol. The van der Waals surface area contributed by atoms with E-state index in [9.17, 15) is 30.8 Å². The van der Waals surface area contributed by atoms with Gasteiger partial charge in [0.25, 0.3) is 0 Å². The summed E-state index contributed by atoms with van der Waals surface area (Å²) >= 11 is 0. The van der Waals surface area contributed by atoms with E-state index in [1.807, 2.05) is 10.8 Å². The first-order valence-electron chi connectivity index (χ1n) is 10.4. The Morgan fingerprint density at radius 2 is 1.72 bits per heavy atom. The van der Waals surface area contributed by atoms with Crippen LogP contribution < -0.4 is 10.0 Å². The van der Waals surface area contributed by atoms with Gasteiger partial charge >= 0.3 is 6.18 Å². The van der Waals surface area contributed by atoms with E-state index in [4.69, 9.17) is 0 Å². The van der Waals surface area contributed by atoms with Crippen molar-refractivity contribution in [2.24, 2.45) is 0 Å². The van der Waals surface area contributed by atoms with Crippen LogP contribution in [0.3, 0.4) is 0 Å². The minimum Gasteiger partial charge on any atom is -0.348 e. The van der Waals surface area contributed by atoms with Gasteiger partial charge in [0.2, 0.25) is 15.9 Å². The van der Waals surface area contributed by atoms with E-state index in [0.29, 0.717) is 5.56 Å². The largest absolute Gasteiger partial charge is 0.433 e. The Balaban J connectivity index is 1.73. The van der Waals surface area contributed by atoms with Crippen molar-refractivity contribution < 1.29 is 30.8 Å². The third-order valence-electron chi connectivity index (χ3n) is 4.69. The molecule has 6 nitrogen and oxygen atoms in total. The number of hydrogen-bond acceptors (Lipinski definition) is 4. The van der Waals surface area contributed by atoms with E-state index in [1.165, 1.54) is 30.4 Å². The summed E-state index contributed by atoms with van der Waals surface area (Å²) in [5, 5.41) is 2.53. The quantitative estimate of drug-likeness (QED) is 0.320. The highest BCUT2D eigenvalue weighted by Crippen LogP contribution is 2.29. The van der Waals surface area contributed by atoms with Crippen molar-refractivity contribution >= 4 is 39.8 Å². The number of aromatic nitrogens is 1. The Hall–Kier alpha value is -3.99. The van der Waals surface area contributed by atoms with Gasteiger partial charge in [-0.2, -0.15) is 13.2 Å². The van der Waals surface area contributed by atoms with Gasteiger partial charge in [0.15, 0.2) is 0 Å². The molecule has 2 aromatic carbocycles. The molecule has 0 saturated heterocycles. The van der Waals surface area contributed by atoms with Crippen LogP contribution in [0.15, 0.2) is 66.7 Å². The van der Waals surface area contributed by atoms with Crippen molar-refractivity contribution in [1.82, 2.24) is 10.3 Å². The third kappa shape index (κ3) is 8.05. The molecule has 0 radical (unpaired) electrons. The molecule has 1 amide bonds. The number of nitrogens with zero attached hydrogens (tertiary/aromatic N) is 1. The Kier molecular flexibility index (Phi) is 8.25. The number of amides is 1. The summed E-state index contributed by atoms with van der Waals surface area (Å²) in [5.41, 5.74) is 0.151. The summed E-state index contributed by atoms with van der Waals surface area (Å²) in [7, 11) is -3.65. The van der Waals surface area contributed by atoms with E-state index in [2.05, 4.69) is 10.3 Å². The zero-order chi connectivity index (χ0) is 26.3. The van der Waals surface area contributed by atoms with Crippen LogP contribution in [0.1, 0.15) is 28.1 Å². The highest BCUT2D eigenvalue weighted by atomic mass is 32.2. The molecule has 3 rings (SSSR count). The van der Waals surface area contributed by atoms with Crippen molar-refractivity contribution in [3.8, 4) is 0 Å². The van der Waals surface area contributed by atoms with Gasteiger partial charge in [-0.1, -0.05) is 48.5 Å². The van der Waals surface area contributed by atoms with Crippen molar-refractivity contribution in [3.63, 3.8) is 0 Å². The molecule has 0 aliphatic carbocycles. The summed E-state index contributed by atoms with van der Waals surface area (Å²) < 4.78 is 78.0. The fourth-order valence-electron chi connectivity index (χ4n) is 3.02. The topological polar surface area (TPSA) is 88.2 Å². The average molecular weight is 520 g/mol. The van der Waals surface area contributed by atoms with Crippen LogP contribution in [0.2, 0.25) is 0 Å². The molecule has 0 atom stereocenters. The van der Waals surface area contributed by atoms with Gasteiger partial charge in [-0.15, -0.1) is 0 Å². The zero-order valence-electron chi connectivity index (χ0n) is 18.9. The second-order valence-corrected chi connectivity index (χ2v) is 9.40. The van der Waals surface area contributed by atoms with Crippen molar-refractivity contribution in [2.45, 2.75) is 12.7 Å². The van der Waals surface area contributed by atoms with Gasteiger partial charge in [-0.05, 0) is 41.5 Å². The first kappa shape index (κ1) is 26.6. The SMILES string of the molecule is CS(=O)(=O)Nc1ccc(CNC(=O)C=Cc2ccc(C(F)(F)F)nc2C=Cc2ccccc2)cc1F. The molecule has 0 aliphatic heterocycles. The number of hydrogen-bond donors (Lipinski definition) is 2. The van der Waals surface area contributed by atoms with Crippen molar-refractivity contribution in [2.75, 3.05) is 11.0 Å². The molecule has 1 aromatic heterocycles. The molecule has 2 N–H and O–H groups in total. The van der Waals surface area contributed by atoms with Gasteiger partial charge in [-0.25, -0.2) is 17.8 Å². The van der Waals surface area contributed by atoms with Crippen molar-refractivity contribution in [3.05, 3.63) is 101 Å². The number of anilines is 1. The molecular formula is C25H21F4N3O3S. The lowest BCUT2D eigenvalue weighted by atomic mass is 10.1. The number of benzene rings is 2. The molecule has 3 aromatic rings. The third-order valence-corrected chi connectivity index (χ3v) is 5.28. The normalized spacial score (nSPS) is 12.2. The van der Waals surface area contributed by atoms with Crippen LogP contribution in [0.25, 0.3) is 18.2 Å². The fraction of sp³-hybridized carbons (Fsp3) is 0.120. The molecule has 11 heteroatoms. The second-order valence-electron chi connectivity index (χ2n) is 7.65. The van der Waals surface area contributed by atoms with Gasteiger partial charge in [0.05, 0.1) is 17.6 Å². The Labute approximate surface area is 205 Å². The van der Waals surface area contributed by atoms with E-state index < -0.39 is 33.6 Å². The smallest absolute Gasteiger partial charge is 0.348 e. The van der Waals surface area contributed by atoms with Crippen LogP contribution in [0, 0.1) is 5.82 Å². The predicted octanol–water partition coefficient (Wildman–Crippen LogP) is 5.11. The molecule has 36 heavy (non-hydrogen) atoms. The number of carbonyl (C=O) groups excluding carboxylic acids is 1. The summed E-state index contributed by atoms with van der Waals surface area (Å²) in [6, 6.07) is 14.7. The summed E-state index contributed by atoms with van der Waals surface area (Å²) in [5.74, 6) is -1.39. The minimum atomic E-state index is -4.63. The molecule has 0 fully saturated rings. The predicted molar refractivity (Wildman–Crippen MR) is 130 cm³/mol. The van der Waals surface area contributed by atoms with Crippen LogP contribution in [-0.2, 0) is 27.5 Å². The fourth-order valence-corrected chi connectivity index (χ4v) is 3.59. The summed E-state index contributed by atoms with van der Waals surface area (Å²) in [6.07, 6.45) is 1.75. The number of halogens is 4. The second kappa shape index (κ2) is 11.2. The van der Waals surface area contributed by atoms with E-state index in [1.54, 1.807) is 30.3 Å². The molecule has 0 spiro atoms. The molecule has 0 bridgehead atoms. The highest BCUT2D eigenvalue weighted by Gasteiger charge is 2.32. The average Bonchev–Trinajstić information content (AvgIpc) is 2.81. The lowest BCUT2D eigenvalue weighted by Crippen LogP contribution is -2.20. The van der Waals surface area contributed by atoms with Crippen LogP contribution in [0.4, 0.5) is 23.2 Å².